The minimum Gasteiger partial charge on any atom is -0.472 e. The van der Waals surface area contributed by atoms with Crippen LogP contribution in [0.4, 0.5) is 8.78 Å². The largest absolute Gasteiger partial charge is 0.472 e. The summed E-state index contributed by atoms with van der Waals surface area (Å²) in [6, 6.07) is 7.82. The van der Waals surface area contributed by atoms with E-state index in [1.807, 2.05) is 17.5 Å². The van der Waals surface area contributed by atoms with Gasteiger partial charge in [-0.05, 0) is 42.1 Å². The Morgan fingerprint density at radius 3 is 2.68 bits per heavy atom. The highest BCUT2D eigenvalue weighted by molar-refractivity contribution is 7.89. The predicted molar refractivity (Wildman–Crippen MR) is 90.7 cm³/mol. The molecule has 3 rings (SSSR count). The van der Waals surface area contributed by atoms with Crippen molar-refractivity contribution in [2.45, 2.75) is 17.9 Å². The normalized spacial score (nSPS) is 12.0. The van der Waals surface area contributed by atoms with Gasteiger partial charge in [0.25, 0.3) is 0 Å². The molecule has 4 nitrogen and oxygen atoms in total. The van der Waals surface area contributed by atoms with E-state index in [1.165, 1.54) is 23.9 Å². The molecule has 3 aromatic rings. The highest BCUT2D eigenvalue weighted by Crippen LogP contribution is 2.23. The molecule has 8 heteroatoms. The molecule has 0 N–H and O–H groups in total. The maximum atomic E-state index is 14.0. The van der Waals surface area contributed by atoms with Gasteiger partial charge in [-0.2, -0.15) is 4.31 Å². The Morgan fingerprint density at radius 1 is 1.16 bits per heavy atom. The zero-order chi connectivity index (χ0) is 17.9. The molecule has 0 bridgehead atoms. The van der Waals surface area contributed by atoms with E-state index in [9.17, 15) is 17.2 Å². The fraction of sp³-hybridized carbons (Fsp3) is 0.176. The highest BCUT2D eigenvalue weighted by Gasteiger charge is 2.28. The number of nitrogens with zero attached hydrogens (tertiary/aromatic N) is 1. The Morgan fingerprint density at radius 2 is 2.00 bits per heavy atom. The lowest BCUT2D eigenvalue weighted by molar-refractivity contribution is 0.404. The topological polar surface area (TPSA) is 50.5 Å². The summed E-state index contributed by atoms with van der Waals surface area (Å²) in [7, 11) is -4.20. The molecule has 0 radical (unpaired) electrons. The van der Waals surface area contributed by atoms with E-state index in [0.29, 0.717) is 18.1 Å². The van der Waals surface area contributed by atoms with Gasteiger partial charge in [-0.3, -0.25) is 0 Å². The molecular formula is C17H15F2NO3S2. The summed E-state index contributed by atoms with van der Waals surface area (Å²) in [6.45, 7) is 0.157. The summed E-state index contributed by atoms with van der Waals surface area (Å²) in [5, 5.41) is 1.90. The molecule has 0 unspecified atom stereocenters. The molecular weight excluding hydrogens is 368 g/mol. The van der Waals surface area contributed by atoms with Crippen LogP contribution in [0.5, 0.6) is 0 Å². The van der Waals surface area contributed by atoms with Crippen molar-refractivity contribution in [3.8, 4) is 0 Å². The summed E-state index contributed by atoms with van der Waals surface area (Å²) < 4.78 is 59.4. The maximum absolute atomic E-state index is 14.0. The van der Waals surface area contributed by atoms with Crippen molar-refractivity contribution in [3.05, 3.63) is 76.4 Å². The van der Waals surface area contributed by atoms with E-state index in [-0.39, 0.29) is 13.1 Å². The van der Waals surface area contributed by atoms with E-state index in [4.69, 9.17) is 4.42 Å². The van der Waals surface area contributed by atoms with Crippen molar-refractivity contribution in [3.63, 3.8) is 0 Å². The van der Waals surface area contributed by atoms with Crippen LogP contribution in [-0.4, -0.2) is 19.3 Å². The van der Waals surface area contributed by atoms with Crippen LogP contribution in [-0.2, 0) is 23.0 Å². The van der Waals surface area contributed by atoms with Crippen LogP contribution in [0.2, 0.25) is 0 Å². The minimum atomic E-state index is -4.20. The molecule has 132 valence electrons. The van der Waals surface area contributed by atoms with Gasteiger partial charge in [-0.25, -0.2) is 17.2 Å². The molecule has 0 spiro atoms. The Labute approximate surface area is 148 Å². The molecule has 25 heavy (non-hydrogen) atoms. The summed E-state index contributed by atoms with van der Waals surface area (Å²) in [6.07, 6.45) is 3.34. The Hall–Kier alpha value is -2.03. The second kappa shape index (κ2) is 7.47. The van der Waals surface area contributed by atoms with Crippen LogP contribution in [0, 0.1) is 11.6 Å². The maximum Gasteiger partial charge on any atom is 0.246 e. The third kappa shape index (κ3) is 4.15. The van der Waals surface area contributed by atoms with E-state index >= 15 is 0 Å². The number of rotatable bonds is 7. The van der Waals surface area contributed by atoms with E-state index in [2.05, 4.69) is 0 Å². The van der Waals surface area contributed by atoms with Crippen molar-refractivity contribution < 1.29 is 21.6 Å². The summed E-state index contributed by atoms with van der Waals surface area (Å²) in [5.74, 6) is -1.78. The lowest BCUT2D eigenvalue weighted by Crippen LogP contribution is -2.33. The van der Waals surface area contributed by atoms with Crippen molar-refractivity contribution in [1.82, 2.24) is 4.31 Å². The SMILES string of the molecule is O=S(=O)(c1cc(F)ccc1F)N(CCc1cccs1)Cc1ccoc1. The van der Waals surface area contributed by atoms with Gasteiger partial charge in [-0.1, -0.05) is 6.07 Å². The zero-order valence-corrected chi connectivity index (χ0v) is 14.7. The Bertz CT molecular complexity index is 923. The molecule has 0 amide bonds. The van der Waals surface area contributed by atoms with Gasteiger partial charge < -0.3 is 4.42 Å². The molecule has 0 atom stereocenters. The highest BCUT2D eigenvalue weighted by atomic mass is 32.2. The quantitative estimate of drug-likeness (QED) is 0.618. The van der Waals surface area contributed by atoms with E-state index in [0.717, 1.165) is 21.3 Å². The first kappa shape index (κ1) is 17.8. The number of hydrogen-bond donors (Lipinski definition) is 0. The first-order chi connectivity index (χ1) is 12.0. The summed E-state index contributed by atoms with van der Waals surface area (Å²) >= 11 is 1.51. The van der Waals surface area contributed by atoms with Crippen LogP contribution in [0.1, 0.15) is 10.4 Å². The second-order valence-corrected chi connectivity index (χ2v) is 8.31. The number of sulfonamides is 1. The number of furan rings is 1. The number of hydrogen-bond acceptors (Lipinski definition) is 4. The first-order valence-electron chi connectivity index (χ1n) is 7.45. The van der Waals surface area contributed by atoms with Gasteiger partial charge in [-0.15, -0.1) is 11.3 Å². The molecule has 1 aromatic carbocycles. The van der Waals surface area contributed by atoms with Gasteiger partial charge in [0.05, 0.1) is 12.5 Å². The van der Waals surface area contributed by atoms with Crippen molar-refractivity contribution >= 4 is 21.4 Å². The van der Waals surface area contributed by atoms with Crippen LogP contribution in [0.25, 0.3) is 0 Å². The van der Waals surface area contributed by atoms with Gasteiger partial charge >= 0.3 is 0 Å². The molecule has 0 aliphatic heterocycles. The average molecular weight is 383 g/mol. The minimum absolute atomic E-state index is 0.0140. The molecule has 0 saturated carbocycles. The van der Waals surface area contributed by atoms with Gasteiger partial charge in [0.15, 0.2) is 0 Å². The smallest absolute Gasteiger partial charge is 0.246 e. The lowest BCUT2D eigenvalue weighted by atomic mass is 10.3. The van der Waals surface area contributed by atoms with Crippen LogP contribution >= 0.6 is 11.3 Å². The Kier molecular flexibility index (Phi) is 5.31. The fourth-order valence-electron chi connectivity index (χ4n) is 2.37. The molecule has 0 aliphatic carbocycles. The van der Waals surface area contributed by atoms with E-state index in [1.54, 1.807) is 6.07 Å². The van der Waals surface area contributed by atoms with Crippen molar-refractivity contribution in [2.24, 2.45) is 0 Å². The van der Waals surface area contributed by atoms with Crippen LogP contribution < -0.4 is 0 Å². The van der Waals surface area contributed by atoms with Crippen molar-refractivity contribution in [1.29, 1.82) is 0 Å². The fourth-order valence-corrected chi connectivity index (χ4v) is 4.58. The number of halogens is 2. The van der Waals surface area contributed by atoms with Gasteiger partial charge in [0.2, 0.25) is 10.0 Å². The summed E-state index contributed by atoms with van der Waals surface area (Å²) in [4.78, 5) is 0.342. The monoisotopic (exact) mass is 383 g/mol. The lowest BCUT2D eigenvalue weighted by Gasteiger charge is -2.21. The summed E-state index contributed by atoms with van der Waals surface area (Å²) in [5.41, 5.74) is 0.631. The number of benzene rings is 1. The third-order valence-corrected chi connectivity index (χ3v) is 6.43. The predicted octanol–water partition coefficient (Wildman–Crippen LogP) is 4.05. The first-order valence-corrected chi connectivity index (χ1v) is 9.77. The van der Waals surface area contributed by atoms with Crippen LogP contribution in [0.3, 0.4) is 0 Å². The Balaban J connectivity index is 1.92. The second-order valence-electron chi connectivity index (χ2n) is 5.37. The molecule has 2 heterocycles. The van der Waals surface area contributed by atoms with E-state index < -0.39 is 26.6 Å². The van der Waals surface area contributed by atoms with Crippen LogP contribution in [0.15, 0.2) is 63.6 Å². The molecule has 0 saturated heterocycles. The molecule has 0 fully saturated rings. The third-order valence-electron chi connectivity index (χ3n) is 3.64. The standard InChI is InChI=1S/C17H15F2NO3S2/c18-14-3-4-16(19)17(10-14)25(21,22)20(11-13-6-8-23-12-13)7-5-15-2-1-9-24-15/h1-4,6,8-10,12H,5,7,11H2. The number of thiophene rings is 1. The molecule has 2 aromatic heterocycles. The van der Waals surface area contributed by atoms with Crippen molar-refractivity contribution in [2.75, 3.05) is 6.54 Å². The molecule has 0 aliphatic rings. The average Bonchev–Trinajstić information content (AvgIpc) is 3.26. The van der Waals surface area contributed by atoms with Gasteiger partial charge in [0, 0.05) is 23.5 Å². The zero-order valence-electron chi connectivity index (χ0n) is 13.1. The van der Waals surface area contributed by atoms with Gasteiger partial charge in [0.1, 0.15) is 16.5 Å².